The first kappa shape index (κ1) is 36.3. The van der Waals surface area contributed by atoms with Crippen LogP contribution in [0.2, 0.25) is 0 Å². The smallest absolute Gasteiger partial charge is 0.328 e. The van der Waals surface area contributed by atoms with Gasteiger partial charge in [0.1, 0.15) is 18.1 Å². The lowest BCUT2D eigenvalue weighted by Gasteiger charge is -2.28. The minimum absolute atomic E-state index is 0. The Morgan fingerprint density at radius 1 is 1.05 bits per heavy atom. The van der Waals surface area contributed by atoms with E-state index in [1.807, 2.05) is 60.7 Å². The maximum absolute atomic E-state index is 13.9. The van der Waals surface area contributed by atoms with Crippen molar-refractivity contribution >= 4 is 54.3 Å². The van der Waals surface area contributed by atoms with Crippen molar-refractivity contribution in [2.24, 2.45) is 5.73 Å². The Balaban J connectivity index is 0.00000337. The van der Waals surface area contributed by atoms with Gasteiger partial charge in [0.25, 0.3) is 5.91 Å². The number of hydrogen-bond donors (Lipinski definition) is 3. The Labute approximate surface area is 269 Å². The predicted octanol–water partition coefficient (Wildman–Crippen LogP) is 3.27. The zero-order valence-corrected chi connectivity index (χ0v) is 26.6. The van der Waals surface area contributed by atoms with Gasteiger partial charge in [-0.3, -0.25) is 14.4 Å². The summed E-state index contributed by atoms with van der Waals surface area (Å²) in [5.74, 6) is -1.42. The van der Waals surface area contributed by atoms with Crippen LogP contribution in [-0.4, -0.2) is 69.4 Å². The number of anilines is 1. The molecular formula is C31H40Cl2N6O5. The zero-order chi connectivity index (χ0) is 30.3. The number of aryl methyl sites for hydroxylation is 1. The lowest BCUT2D eigenvalue weighted by molar-refractivity contribution is -0.151. The molecule has 1 aliphatic heterocycles. The van der Waals surface area contributed by atoms with Crippen LogP contribution in [0.3, 0.4) is 0 Å². The number of likely N-dealkylation sites (tertiary alicyclic amines) is 1. The van der Waals surface area contributed by atoms with Crippen LogP contribution in [-0.2, 0) is 30.3 Å². The molecule has 1 aliphatic rings. The van der Waals surface area contributed by atoms with Gasteiger partial charge in [0, 0.05) is 12.7 Å². The van der Waals surface area contributed by atoms with E-state index >= 15 is 0 Å². The van der Waals surface area contributed by atoms with Crippen LogP contribution in [0.1, 0.15) is 50.3 Å². The van der Waals surface area contributed by atoms with Crippen LogP contribution in [0.25, 0.3) is 0 Å². The van der Waals surface area contributed by atoms with Crippen molar-refractivity contribution < 1.29 is 23.9 Å². The maximum atomic E-state index is 13.9. The number of carbonyl (C=O) groups excluding carboxylic acids is 4. The van der Waals surface area contributed by atoms with E-state index in [1.54, 1.807) is 29.5 Å². The highest BCUT2D eigenvalue weighted by atomic mass is 35.5. The first-order valence-corrected chi connectivity index (χ1v) is 14.0. The Morgan fingerprint density at radius 3 is 2.30 bits per heavy atom. The molecule has 2 aromatic carbocycles. The quantitative estimate of drug-likeness (QED) is 0.271. The lowest BCUT2D eigenvalue weighted by Crippen LogP contribution is -2.55. The summed E-state index contributed by atoms with van der Waals surface area (Å²) in [5.41, 5.74) is 6.53. The molecule has 0 bridgehead atoms. The van der Waals surface area contributed by atoms with Crippen LogP contribution < -0.4 is 16.4 Å². The number of carbonyl (C=O) groups is 4. The van der Waals surface area contributed by atoms with E-state index in [0.29, 0.717) is 37.8 Å². The van der Waals surface area contributed by atoms with E-state index in [2.05, 4.69) is 15.6 Å². The molecule has 0 saturated carbocycles. The monoisotopic (exact) mass is 646 g/mol. The summed E-state index contributed by atoms with van der Waals surface area (Å²) in [6, 6.07) is 16.5. The average molecular weight is 648 g/mol. The van der Waals surface area contributed by atoms with Gasteiger partial charge in [-0.15, -0.1) is 24.8 Å². The second-order valence-corrected chi connectivity index (χ2v) is 11.0. The first-order chi connectivity index (χ1) is 20.1. The number of esters is 1. The van der Waals surface area contributed by atoms with E-state index in [-0.39, 0.29) is 36.5 Å². The molecule has 238 valence electrons. The van der Waals surface area contributed by atoms with Gasteiger partial charge in [0.2, 0.25) is 11.8 Å². The molecule has 0 spiro atoms. The molecule has 2 heterocycles. The van der Waals surface area contributed by atoms with E-state index in [9.17, 15) is 19.2 Å². The number of ether oxygens (including phenoxy) is 1. The van der Waals surface area contributed by atoms with E-state index in [1.165, 1.54) is 13.4 Å². The van der Waals surface area contributed by atoms with Gasteiger partial charge in [-0.05, 0) is 50.7 Å². The summed E-state index contributed by atoms with van der Waals surface area (Å²) >= 11 is 0. The van der Waals surface area contributed by atoms with Crippen molar-refractivity contribution in [1.82, 2.24) is 19.8 Å². The number of aromatic nitrogens is 2. The molecule has 1 unspecified atom stereocenters. The maximum Gasteiger partial charge on any atom is 0.328 e. The van der Waals surface area contributed by atoms with Crippen molar-refractivity contribution in [3.8, 4) is 0 Å². The van der Waals surface area contributed by atoms with Crippen LogP contribution in [0.5, 0.6) is 0 Å². The normalized spacial score (nSPS) is 15.6. The molecule has 1 aromatic heterocycles. The molecule has 44 heavy (non-hydrogen) atoms. The molecule has 3 atom stereocenters. The number of imidazole rings is 1. The van der Waals surface area contributed by atoms with Gasteiger partial charge in [0.05, 0.1) is 19.0 Å². The van der Waals surface area contributed by atoms with Crippen LogP contribution >= 0.6 is 24.8 Å². The van der Waals surface area contributed by atoms with Crippen molar-refractivity contribution in [2.75, 3.05) is 19.0 Å². The molecule has 3 aromatic rings. The Bertz CT molecular complexity index is 1400. The summed E-state index contributed by atoms with van der Waals surface area (Å²) in [5, 5.41) is 5.54. The fourth-order valence-corrected chi connectivity index (χ4v) is 4.97. The van der Waals surface area contributed by atoms with Gasteiger partial charge < -0.3 is 30.6 Å². The predicted molar refractivity (Wildman–Crippen MR) is 172 cm³/mol. The lowest BCUT2D eigenvalue weighted by atomic mass is 10.0. The standard InChI is InChI=1S/C31H38N6O5.2ClH/c1-31(2,32)30(41)34-23(17-16-21-11-6-4-7-12-21)27(38)35-25-19-36(20-33-25)26(22-13-8-5-9-14-22)28(39)37-18-10-15-24(37)29(40)42-3;;/h4-9,11-14,19-20,23-24,26H,10,15-18,32H2,1-3H3,(H,34,41)(H,35,38);2*1H/t23-,24+,26?;;/m1../s1. The van der Waals surface area contributed by atoms with Gasteiger partial charge in [-0.25, -0.2) is 9.78 Å². The summed E-state index contributed by atoms with van der Waals surface area (Å²) in [7, 11) is 1.31. The topological polar surface area (TPSA) is 149 Å². The second-order valence-electron chi connectivity index (χ2n) is 11.0. The highest BCUT2D eigenvalue weighted by Crippen LogP contribution is 2.28. The Hall–Kier alpha value is -3.93. The minimum Gasteiger partial charge on any atom is -0.467 e. The molecular weight excluding hydrogens is 607 g/mol. The number of halogens is 2. The fourth-order valence-electron chi connectivity index (χ4n) is 4.97. The number of methoxy groups -OCH3 is 1. The number of rotatable bonds is 11. The number of nitrogens with two attached hydrogens (primary N) is 1. The van der Waals surface area contributed by atoms with Crippen LogP contribution in [0.4, 0.5) is 5.82 Å². The minimum atomic E-state index is -1.17. The molecule has 0 radical (unpaired) electrons. The molecule has 4 rings (SSSR count). The van der Waals surface area contributed by atoms with Gasteiger partial charge in [0.15, 0.2) is 5.82 Å². The van der Waals surface area contributed by atoms with E-state index in [4.69, 9.17) is 10.5 Å². The van der Waals surface area contributed by atoms with Crippen LogP contribution in [0, 0.1) is 0 Å². The summed E-state index contributed by atoms with van der Waals surface area (Å²) in [6.45, 7) is 3.57. The van der Waals surface area contributed by atoms with Crippen molar-refractivity contribution in [3.63, 3.8) is 0 Å². The Morgan fingerprint density at radius 2 is 1.68 bits per heavy atom. The third-order valence-electron chi connectivity index (χ3n) is 7.28. The van der Waals surface area contributed by atoms with E-state index in [0.717, 1.165) is 5.56 Å². The van der Waals surface area contributed by atoms with Crippen LogP contribution in [0.15, 0.2) is 73.2 Å². The number of hydrogen-bond acceptors (Lipinski definition) is 7. The van der Waals surface area contributed by atoms with Crippen molar-refractivity contribution in [1.29, 1.82) is 0 Å². The molecule has 3 amide bonds. The molecule has 11 nitrogen and oxygen atoms in total. The average Bonchev–Trinajstić information content (AvgIpc) is 3.65. The number of amides is 3. The highest BCUT2D eigenvalue weighted by Gasteiger charge is 2.39. The van der Waals surface area contributed by atoms with Gasteiger partial charge in [-0.1, -0.05) is 60.7 Å². The number of nitrogens with one attached hydrogen (secondary N) is 2. The third kappa shape index (κ3) is 9.04. The summed E-state index contributed by atoms with van der Waals surface area (Å²) in [6.07, 6.45) is 5.15. The highest BCUT2D eigenvalue weighted by molar-refractivity contribution is 5.98. The molecule has 1 fully saturated rings. The van der Waals surface area contributed by atoms with Gasteiger partial charge in [-0.2, -0.15) is 0 Å². The first-order valence-electron chi connectivity index (χ1n) is 14.0. The summed E-state index contributed by atoms with van der Waals surface area (Å²) < 4.78 is 6.55. The van der Waals surface area contributed by atoms with Crippen molar-refractivity contribution in [3.05, 3.63) is 84.3 Å². The largest absolute Gasteiger partial charge is 0.467 e. The number of benzene rings is 2. The summed E-state index contributed by atoms with van der Waals surface area (Å²) in [4.78, 5) is 58.2. The molecule has 4 N–H and O–H groups in total. The zero-order valence-electron chi connectivity index (χ0n) is 25.0. The van der Waals surface area contributed by atoms with Crippen molar-refractivity contribution in [2.45, 2.75) is 63.2 Å². The second kappa shape index (κ2) is 16.2. The van der Waals surface area contributed by atoms with Gasteiger partial charge >= 0.3 is 5.97 Å². The molecule has 0 aliphatic carbocycles. The SMILES string of the molecule is COC(=O)[C@@H]1CCCN1C(=O)C(c1ccccc1)n1cnc(NC(=O)[C@@H](CCc2ccccc2)NC(=O)C(C)(C)N)c1.Cl.Cl. The molecule has 1 saturated heterocycles. The molecule has 13 heteroatoms. The number of nitrogens with zero attached hydrogens (tertiary/aromatic N) is 3. The third-order valence-corrected chi connectivity index (χ3v) is 7.28. The van der Waals surface area contributed by atoms with E-state index < -0.39 is 41.4 Å². The fraction of sp³-hybridized carbons (Fsp3) is 0.387. The Kier molecular flexibility index (Phi) is 13.4.